The van der Waals surface area contributed by atoms with E-state index in [1.54, 1.807) is 13.0 Å². The van der Waals surface area contributed by atoms with Crippen LogP contribution in [0, 0.1) is 12.7 Å². The lowest BCUT2D eigenvalue weighted by Gasteiger charge is -2.11. The van der Waals surface area contributed by atoms with Crippen molar-refractivity contribution in [2.24, 2.45) is 0 Å². The third-order valence-corrected chi connectivity index (χ3v) is 3.59. The average molecular weight is 274 g/mol. The molecule has 0 radical (unpaired) electrons. The zero-order chi connectivity index (χ0) is 13.8. The first kappa shape index (κ1) is 14.9. The first-order chi connectivity index (χ1) is 8.30. The maximum atomic E-state index is 13.5. The van der Waals surface area contributed by atoms with E-state index < -0.39 is 15.8 Å². The van der Waals surface area contributed by atoms with Crippen LogP contribution in [0.3, 0.4) is 0 Å². The third-order valence-electron chi connectivity index (χ3n) is 2.31. The molecular formula is C12H19FN2O2S. The van der Waals surface area contributed by atoms with Crippen LogP contribution in [0.2, 0.25) is 0 Å². The van der Waals surface area contributed by atoms with Gasteiger partial charge in [0.05, 0.1) is 11.4 Å². The number of hydrogen-bond acceptors (Lipinski definition) is 3. The molecule has 0 amide bonds. The molecule has 0 bridgehead atoms. The molecule has 102 valence electrons. The molecular weight excluding hydrogens is 255 g/mol. The maximum absolute atomic E-state index is 13.5. The Hall–Kier alpha value is -1.14. The van der Waals surface area contributed by atoms with Crippen molar-refractivity contribution in [3.63, 3.8) is 0 Å². The van der Waals surface area contributed by atoms with Gasteiger partial charge in [-0.25, -0.2) is 12.8 Å². The SMILES string of the molecule is Cc1ccc(NS(=O)(=O)CCNC(C)C)c(F)c1. The van der Waals surface area contributed by atoms with Crippen LogP contribution < -0.4 is 10.0 Å². The average Bonchev–Trinajstić information content (AvgIpc) is 2.21. The Morgan fingerprint density at radius 2 is 2.00 bits per heavy atom. The molecule has 6 heteroatoms. The highest BCUT2D eigenvalue weighted by Crippen LogP contribution is 2.16. The molecule has 0 aliphatic carbocycles. The van der Waals surface area contributed by atoms with Gasteiger partial charge in [-0.1, -0.05) is 19.9 Å². The van der Waals surface area contributed by atoms with Gasteiger partial charge in [0, 0.05) is 12.6 Å². The van der Waals surface area contributed by atoms with Gasteiger partial charge in [-0.2, -0.15) is 0 Å². The van der Waals surface area contributed by atoms with Crippen LogP contribution in [0.15, 0.2) is 18.2 Å². The van der Waals surface area contributed by atoms with E-state index in [-0.39, 0.29) is 17.5 Å². The molecule has 0 aliphatic heterocycles. The molecule has 0 saturated heterocycles. The minimum absolute atomic E-state index is 0.00912. The number of hydrogen-bond donors (Lipinski definition) is 2. The Balaban J connectivity index is 2.65. The van der Waals surface area contributed by atoms with Crippen molar-refractivity contribution in [1.82, 2.24) is 5.32 Å². The number of rotatable bonds is 6. The molecule has 0 fully saturated rings. The fourth-order valence-corrected chi connectivity index (χ4v) is 2.39. The van der Waals surface area contributed by atoms with Crippen LogP contribution in [0.4, 0.5) is 10.1 Å². The van der Waals surface area contributed by atoms with E-state index in [2.05, 4.69) is 10.0 Å². The molecule has 18 heavy (non-hydrogen) atoms. The Bertz CT molecular complexity index is 501. The molecule has 0 atom stereocenters. The van der Waals surface area contributed by atoms with E-state index >= 15 is 0 Å². The molecule has 1 rings (SSSR count). The van der Waals surface area contributed by atoms with Crippen molar-refractivity contribution in [3.05, 3.63) is 29.6 Å². The summed E-state index contributed by atoms with van der Waals surface area (Å²) in [6.07, 6.45) is 0. The Morgan fingerprint density at radius 1 is 1.33 bits per heavy atom. The summed E-state index contributed by atoms with van der Waals surface area (Å²) in [5, 5.41) is 3.00. The zero-order valence-corrected chi connectivity index (χ0v) is 11.6. The second-order valence-corrected chi connectivity index (χ2v) is 6.35. The van der Waals surface area contributed by atoms with Crippen LogP contribution in [0.5, 0.6) is 0 Å². The van der Waals surface area contributed by atoms with Crippen molar-refractivity contribution in [2.45, 2.75) is 26.8 Å². The van der Waals surface area contributed by atoms with E-state index in [1.165, 1.54) is 12.1 Å². The van der Waals surface area contributed by atoms with E-state index in [0.717, 1.165) is 5.56 Å². The highest BCUT2D eigenvalue weighted by molar-refractivity contribution is 7.92. The summed E-state index contributed by atoms with van der Waals surface area (Å²) in [6, 6.07) is 4.60. The Labute approximate surface area is 108 Å². The fraction of sp³-hybridized carbons (Fsp3) is 0.500. The summed E-state index contributed by atoms with van der Waals surface area (Å²) in [7, 11) is -3.52. The first-order valence-corrected chi connectivity index (χ1v) is 7.45. The van der Waals surface area contributed by atoms with Crippen molar-refractivity contribution in [1.29, 1.82) is 0 Å². The van der Waals surface area contributed by atoms with Crippen LogP contribution >= 0.6 is 0 Å². The highest BCUT2D eigenvalue weighted by Gasteiger charge is 2.13. The van der Waals surface area contributed by atoms with E-state index in [1.807, 2.05) is 13.8 Å². The quantitative estimate of drug-likeness (QED) is 0.832. The van der Waals surface area contributed by atoms with Gasteiger partial charge >= 0.3 is 0 Å². The van der Waals surface area contributed by atoms with Gasteiger partial charge in [-0.3, -0.25) is 4.72 Å². The lowest BCUT2D eigenvalue weighted by Crippen LogP contribution is -2.31. The second-order valence-electron chi connectivity index (χ2n) is 4.51. The molecule has 0 unspecified atom stereocenters. The number of nitrogens with one attached hydrogen (secondary N) is 2. The van der Waals surface area contributed by atoms with Gasteiger partial charge in [0.2, 0.25) is 10.0 Å². The number of sulfonamides is 1. The lowest BCUT2D eigenvalue weighted by atomic mass is 10.2. The molecule has 2 N–H and O–H groups in total. The van der Waals surface area contributed by atoms with Crippen molar-refractivity contribution >= 4 is 15.7 Å². The highest BCUT2D eigenvalue weighted by atomic mass is 32.2. The Kier molecular flexibility index (Phi) is 5.10. The molecule has 1 aromatic carbocycles. The van der Waals surface area contributed by atoms with Crippen molar-refractivity contribution < 1.29 is 12.8 Å². The van der Waals surface area contributed by atoms with Gasteiger partial charge in [-0.05, 0) is 24.6 Å². The summed E-state index contributed by atoms with van der Waals surface area (Å²) >= 11 is 0. The zero-order valence-electron chi connectivity index (χ0n) is 10.8. The Morgan fingerprint density at radius 3 is 2.56 bits per heavy atom. The van der Waals surface area contributed by atoms with Crippen molar-refractivity contribution in [2.75, 3.05) is 17.0 Å². The normalized spacial score (nSPS) is 11.8. The number of anilines is 1. The van der Waals surface area contributed by atoms with Crippen LogP contribution in [0.25, 0.3) is 0 Å². The predicted octanol–water partition coefficient (Wildman–Crippen LogP) is 1.87. The summed E-state index contributed by atoms with van der Waals surface area (Å²) in [5.74, 6) is -0.645. The summed E-state index contributed by atoms with van der Waals surface area (Å²) < 4.78 is 39.1. The third kappa shape index (κ3) is 5.01. The smallest absolute Gasteiger partial charge is 0.234 e. The first-order valence-electron chi connectivity index (χ1n) is 5.80. The summed E-state index contributed by atoms with van der Waals surface area (Å²) in [5.41, 5.74) is 0.738. The number of benzene rings is 1. The topological polar surface area (TPSA) is 58.2 Å². The van der Waals surface area contributed by atoms with Gasteiger partial charge in [-0.15, -0.1) is 0 Å². The van der Waals surface area contributed by atoms with E-state index in [9.17, 15) is 12.8 Å². The van der Waals surface area contributed by atoms with Gasteiger partial charge < -0.3 is 5.32 Å². The summed E-state index contributed by atoms with van der Waals surface area (Å²) in [4.78, 5) is 0. The summed E-state index contributed by atoms with van der Waals surface area (Å²) in [6.45, 7) is 5.94. The molecule has 0 spiro atoms. The van der Waals surface area contributed by atoms with Crippen LogP contribution in [-0.2, 0) is 10.0 Å². The molecule has 0 heterocycles. The molecule has 0 aromatic heterocycles. The van der Waals surface area contributed by atoms with Crippen molar-refractivity contribution in [3.8, 4) is 0 Å². The minimum atomic E-state index is -3.52. The molecule has 0 aliphatic rings. The van der Waals surface area contributed by atoms with Gasteiger partial charge in [0.25, 0.3) is 0 Å². The van der Waals surface area contributed by atoms with E-state index in [4.69, 9.17) is 0 Å². The number of aryl methyl sites for hydroxylation is 1. The van der Waals surface area contributed by atoms with Gasteiger partial charge in [0.15, 0.2) is 0 Å². The molecule has 1 aromatic rings. The van der Waals surface area contributed by atoms with Gasteiger partial charge in [0.1, 0.15) is 5.82 Å². The molecule has 0 saturated carbocycles. The maximum Gasteiger partial charge on any atom is 0.234 e. The minimum Gasteiger partial charge on any atom is -0.313 e. The number of halogens is 1. The van der Waals surface area contributed by atoms with Crippen LogP contribution in [-0.4, -0.2) is 26.8 Å². The van der Waals surface area contributed by atoms with E-state index in [0.29, 0.717) is 6.54 Å². The fourth-order valence-electron chi connectivity index (χ4n) is 1.40. The molecule has 4 nitrogen and oxygen atoms in total. The predicted molar refractivity (Wildman–Crippen MR) is 71.7 cm³/mol. The second kappa shape index (κ2) is 6.15. The monoisotopic (exact) mass is 274 g/mol. The van der Waals surface area contributed by atoms with Crippen LogP contribution in [0.1, 0.15) is 19.4 Å². The lowest BCUT2D eigenvalue weighted by molar-refractivity contribution is 0.580. The standard InChI is InChI=1S/C12H19FN2O2S/c1-9(2)14-6-7-18(16,17)15-12-5-4-10(3)8-11(12)13/h4-5,8-9,14-15H,6-7H2,1-3H3. The largest absolute Gasteiger partial charge is 0.313 e.